The molecule has 6 atom stereocenters. The van der Waals surface area contributed by atoms with E-state index in [-0.39, 0.29) is 0 Å². The van der Waals surface area contributed by atoms with E-state index in [2.05, 4.69) is 24.7 Å². The molecule has 4 rings (SSSR count). The summed E-state index contributed by atoms with van der Waals surface area (Å²) in [5.74, 6) is 3.81. The van der Waals surface area contributed by atoms with E-state index in [0.29, 0.717) is 10.8 Å². The van der Waals surface area contributed by atoms with Crippen molar-refractivity contribution in [1.82, 2.24) is 0 Å². The van der Waals surface area contributed by atoms with Crippen molar-refractivity contribution >= 4 is 6.21 Å². The van der Waals surface area contributed by atoms with Crippen molar-refractivity contribution in [1.29, 1.82) is 0 Å². The van der Waals surface area contributed by atoms with Crippen molar-refractivity contribution in [2.75, 3.05) is 0 Å². The minimum absolute atomic E-state index is 0.375. The molecule has 0 aromatic heterocycles. The van der Waals surface area contributed by atoms with Gasteiger partial charge in [0.2, 0.25) is 0 Å². The lowest BCUT2D eigenvalue weighted by molar-refractivity contribution is -0.0972. The summed E-state index contributed by atoms with van der Waals surface area (Å²) in [6.07, 6.45) is 18.0. The summed E-state index contributed by atoms with van der Waals surface area (Å²) < 4.78 is 0. The largest absolute Gasteiger partial charge is 0.362 e. The van der Waals surface area contributed by atoms with Crippen molar-refractivity contribution in [3.05, 3.63) is 17.2 Å². The van der Waals surface area contributed by atoms with Gasteiger partial charge in [-0.25, -0.2) is 0 Å². The highest BCUT2D eigenvalue weighted by Gasteiger charge is 2.58. The Morgan fingerprint density at radius 1 is 1.00 bits per heavy atom. The SMILES string of the molecule is C[C@]12CCCCC1CC[C@@H]1[C@@H]2CC[C@]2(C)C(=CC=[N+]=[N-])CC[C@@H]12. The lowest BCUT2D eigenvalue weighted by atomic mass is 9.45. The minimum atomic E-state index is 0.375. The van der Waals surface area contributed by atoms with Gasteiger partial charge in [0.25, 0.3) is 6.21 Å². The Hall–Kier alpha value is -0.880. The Kier molecular flexibility index (Phi) is 3.80. The second kappa shape index (κ2) is 5.59. The van der Waals surface area contributed by atoms with Crippen LogP contribution in [0, 0.1) is 34.5 Å². The van der Waals surface area contributed by atoms with Gasteiger partial charge in [-0.2, -0.15) is 4.79 Å². The van der Waals surface area contributed by atoms with Gasteiger partial charge in [0, 0.05) is 6.08 Å². The minimum Gasteiger partial charge on any atom is -0.362 e. The van der Waals surface area contributed by atoms with Gasteiger partial charge in [0.1, 0.15) is 0 Å². The first-order chi connectivity index (χ1) is 11.1. The van der Waals surface area contributed by atoms with Gasteiger partial charge in [0.15, 0.2) is 0 Å². The van der Waals surface area contributed by atoms with Gasteiger partial charge in [0.05, 0.1) is 0 Å². The Morgan fingerprint density at radius 3 is 2.70 bits per heavy atom. The molecule has 0 aliphatic heterocycles. The van der Waals surface area contributed by atoms with Gasteiger partial charge in [-0.15, -0.1) is 0 Å². The summed E-state index contributed by atoms with van der Waals surface area (Å²) in [6.45, 7) is 5.16. The highest BCUT2D eigenvalue weighted by molar-refractivity contribution is 5.67. The Bertz CT molecular complexity index is 558. The fourth-order valence-electron chi connectivity index (χ4n) is 7.54. The van der Waals surface area contributed by atoms with E-state index < -0.39 is 0 Å². The van der Waals surface area contributed by atoms with Crippen LogP contribution in [0.2, 0.25) is 0 Å². The quantitative estimate of drug-likeness (QED) is 0.341. The molecule has 4 aliphatic carbocycles. The molecule has 0 heterocycles. The lowest BCUT2D eigenvalue weighted by Gasteiger charge is -2.60. The Morgan fingerprint density at radius 2 is 1.87 bits per heavy atom. The second-order valence-electron chi connectivity index (χ2n) is 9.35. The van der Waals surface area contributed by atoms with E-state index >= 15 is 0 Å². The molecule has 4 saturated carbocycles. The van der Waals surface area contributed by atoms with Gasteiger partial charge in [-0.1, -0.05) is 32.3 Å². The number of allylic oxidation sites excluding steroid dienone is 2. The van der Waals surface area contributed by atoms with Gasteiger partial charge in [-0.3, -0.25) is 0 Å². The predicted molar refractivity (Wildman–Crippen MR) is 94.1 cm³/mol. The number of rotatable bonds is 1. The molecule has 0 spiro atoms. The zero-order chi connectivity index (χ0) is 16.1. The molecule has 0 saturated heterocycles. The number of nitrogens with zero attached hydrogens (tertiary/aromatic N) is 2. The molecule has 0 N–H and O–H groups in total. The van der Waals surface area contributed by atoms with Gasteiger partial charge < -0.3 is 5.53 Å². The van der Waals surface area contributed by atoms with E-state index in [1.165, 1.54) is 64.2 Å². The van der Waals surface area contributed by atoms with Crippen molar-refractivity contribution in [2.24, 2.45) is 34.5 Å². The van der Waals surface area contributed by atoms with Crippen LogP contribution in [0.4, 0.5) is 0 Å². The summed E-state index contributed by atoms with van der Waals surface area (Å²) in [4.78, 5) is 3.21. The van der Waals surface area contributed by atoms with E-state index in [9.17, 15) is 0 Å². The molecule has 126 valence electrons. The van der Waals surface area contributed by atoms with E-state index in [1.54, 1.807) is 11.8 Å². The maximum absolute atomic E-state index is 8.78. The summed E-state index contributed by atoms with van der Waals surface area (Å²) in [5.41, 5.74) is 11.3. The van der Waals surface area contributed by atoms with Crippen LogP contribution in [0.3, 0.4) is 0 Å². The molecule has 4 fully saturated rings. The lowest BCUT2D eigenvalue weighted by Crippen LogP contribution is -2.52. The summed E-state index contributed by atoms with van der Waals surface area (Å²) >= 11 is 0. The smallest absolute Gasteiger partial charge is 0.280 e. The third-order valence-corrected chi connectivity index (χ3v) is 8.77. The van der Waals surface area contributed by atoms with Crippen molar-refractivity contribution in [3.8, 4) is 0 Å². The fraction of sp³-hybridized carbons (Fsp3) is 0.857. The normalized spacial score (nSPS) is 50.6. The van der Waals surface area contributed by atoms with Crippen LogP contribution in [-0.2, 0) is 0 Å². The molecule has 4 aliphatic rings. The highest BCUT2D eigenvalue weighted by atomic mass is 14.8. The third kappa shape index (κ3) is 2.21. The first-order valence-electron chi connectivity index (χ1n) is 9.96. The maximum Gasteiger partial charge on any atom is 0.280 e. The predicted octanol–water partition coefficient (Wildman–Crippen LogP) is 5.65. The molecule has 0 aromatic rings. The molecular formula is C21H32N2. The van der Waals surface area contributed by atoms with Crippen LogP contribution in [0.25, 0.3) is 5.53 Å². The number of hydrogen-bond acceptors (Lipinski definition) is 0. The highest BCUT2D eigenvalue weighted by Crippen LogP contribution is 2.67. The molecule has 0 aromatic carbocycles. The zero-order valence-corrected chi connectivity index (χ0v) is 14.9. The molecule has 0 bridgehead atoms. The second-order valence-corrected chi connectivity index (χ2v) is 9.35. The summed E-state index contributed by atoms with van der Waals surface area (Å²) in [5, 5.41) is 0. The standard InChI is InChI=1S/C21H32N2/c1-20-12-4-3-5-15(20)6-8-17-18-9-7-16(11-14-23-22)21(18,2)13-10-19(17)20/h11,14-15,17-19H,3-10,12-13H2,1-2H3/t15?,17-,18-,19-,20-,21+/m0/s1. The van der Waals surface area contributed by atoms with Crippen molar-refractivity contribution in [2.45, 2.75) is 78.1 Å². The Balaban J connectivity index is 1.64. The topological polar surface area (TPSA) is 36.4 Å². The van der Waals surface area contributed by atoms with Gasteiger partial charge in [-0.05, 0) is 85.9 Å². The van der Waals surface area contributed by atoms with Crippen LogP contribution in [-0.4, -0.2) is 11.0 Å². The van der Waals surface area contributed by atoms with Gasteiger partial charge >= 0.3 is 0 Å². The first kappa shape index (κ1) is 15.6. The summed E-state index contributed by atoms with van der Waals surface area (Å²) in [6, 6.07) is 0. The average Bonchev–Trinajstić information content (AvgIpc) is 2.89. The van der Waals surface area contributed by atoms with E-state index in [4.69, 9.17) is 5.53 Å². The molecule has 0 amide bonds. The maximum atomic E-state index is 8.78. The number of hydrogen-bond donors (Lipinski definition) is 0. The fourth-order valence-corrected chi connectivity index (χ4v) is 7.54. The molecule has 2 nitrogen and oxygen atoms in total. The van der Waals surface area contributed by atoms with Crippen LogP contribution in [0.1, 0.15) is 78.1 Å². The number of fused-ring (bicyclic) bond motifs is 5. The molecule has 2 heteroatoms. The van der Waals surface area contributed by atoms with Crippen LogP contribution >= 0.6 is 0 Å². The van der Waals surface area contributed by atoms with E-state index in [0.717, 1.165) is 23.7 Å². The van der Waals surface area contributed by atoms with Crippen molar-refractivity contribution in [3.63, 3.8) is 0 Å². The average molecular weight is 313 g/mol. The zero-order valence-electron chi connectivity index (χ0n) is 14.9. The molecule has 1 unspecified atom stereocenters. The van der Waals surface area contributed by atoms with Crippen molar-refractivity contribution < 1.29 is 4.79 Å². The third-order valence-electron chi connectivity index (χ3n) is 8.77. The Labute approximate surface area is 141 Å². The molecule has 0 radical (unpaired) electrons. The van der Waals surface area contributed by atoms with Crippen LogP contribution in [0.5, 0.6) is 0 Å². The monoisotopic (exact) mass is 312 g/mol. The van der Waals surface area contributed by atoms with E-state index in [1.807, 2.05) is 0 Å². The molecule has 23 heavy (non-hydrogen) atoms. The van der Waals surface area contributed by atoms with Crippen LogP contribution < -0.4 is 0 Å². The summed E-state index contributed by atoms with van der Waals surface area (Å²) in [7, 11) is 0. The molecular weight excluding hydrogens is 280 g/mol. The first-order valence-corrected chi connectivity index (χ1v) is 9.96. The van der Waals surface area contributed by atoms with Crippen LogP contribution in [0.15, 0.2) is 11.6 Å².